The second-order valence-corrected chi connectivity index (χ2v) is 8.72. The summed E-state index contributed by atoms with van der Waals surface area (Å²) < 4.78 is 3.41. The van der Waals surface area contributed by atoms with E-state index in [9.17, 15) is 0 Å². The van der Waals surface area contributed by atoms with Crippen molar-refractivity contribution in [2.45, 2.75) is 6.04 Å². The maximum atomic E-state index is 3.53. The van der Waals surface area contributed by atoms with Crippen molar-refractivity contribution in [2.24, 2.45) is 0 Å². The van der Waals surface area contributed by atoms with Crippen molar-refractivity contribution in [3.05, 3.63) is 40.0 Å². The number of hydrogen-bond acceptors (Lipinski definition) is 3. The Labute approximate surface area is 128 Å². The van der Waals surface area contributed by atoms with E-state index in [0.29, 0.717) is 0 Å². The minimum absolute atomic E-state index is 0.259. The van der Waals surface area contributed by atoms with Crippen LogP contribution in [0.15, 0.2) is 29.6 Å². The molecule has 0 aliphatic carbocycles. The molecule has 0 fully saturated rings. The van der Waals surface area contributed by atoms with E-state index in [4.69, 9.17) is 0 Å². The van der Waals surface area contributed by atoms with Gasteiger partial charge in [0, 0.05) is 9.35 Å². The monoisotopic (exact) mass is 443 g/mol. The molecule has 2 heterocycles. The highest BCUT2D eigenvalue weighted by molar-refractivity contribution is 9.13. The van der Waals surface area contributed by atoms with E-state index in [-0.39, 0.29) is 6.04 Å². The average molecular weight is 446 g/mol. The van der Waals surface area contributed by atoms with Gasteiger partial charge in [0.15, 0.2) is 0 Å². The van der Waals surface area contributed by atoms with Gasteiger partial charge in [-0.1, -0.05) is 0 Å². The maximum Gasteiger partial charge on any atom is 0.0843 e. The Morgan fingerprint density at radius 1 is 1.25 bits per heavy atom. The van der Waals surface area contributed by atoms with Crippen molar-refractivity contribution in [1.82, 2.24) is 5.32 Å². The Hall–Kier alpha value is 0.800. The molecular formula is C10H8Br3NS2. The molecule has 1 unspecified atom stereocenters. The molecule has 0 aliphatic heterocycles. The van der Waals surface area contributed by atoms with Gasteiger partial charge in [-0.2, -0.15) is 0 Å². The van der Waals surface area contributed by atoms with Crippen LogP contribution in [0.25, 0.3) is 0 Å². The minimum atomic E-state index is 0.259. The summed E-state index contributed by atoms with van der Waals surface area (Å²) in [7, 11) is 1.98. The lowest BCUT2D eigenvalue weighted by Crippen LogP contribution is -2.15. The van der Waals surface area contributed by atoms with Crippen molar-refractivity contribution in [3.63, 3.8) is 0 Å². The molecule has 1 N–H and O–H groups in total. The molecule has 2 aromatic rings. The number of hydrogen-bond donors (Lipinski definition) is 1. The normalized spacial score (nSPS) is 13.0. The molecule has 0 aromatic carbocycles. The first-order valence-electron chi connectivity index (χ1n) is 4.47. The minimum Gasteiger partial charge on any atom is -0.309 e. The third kappa shape index (κ3) is 2.79. The largest absolute Gasteiger partial charge is 0.309 e. The average Bonchev–Trinajstić information content (AvgIpc) is 2.77. The molecule has 0 aliphatic rings. The summed E-state index contributed by atoms with van der Waals surface area (Å²) in [5.41, 5.74) is 1.29. The summed E-state index contributed by atoms with van der Waals surface area (Å²) in [6.45, 7) is 0. The fraction of sp³-hybridized carbons (Fsp3) is 0.200. The van der Waals surface area contributed by atoms with Crippen LogP contribution in [-0.2, 0) is 0 Å². The number of thiophene rings is 2. The predicted octanol–water partition coefficient (Wildman–Crippen LogP) is 5.41. The van der Waals surface area contributed by atoms with Crippen LogP contribution in [0.3, 0.4) is 0 Å². The molecular weight excluding hydrogens is 438 g/mol. The Bertz CT molecular complexity index is 472. The van der Waals surface area contributed by atoms with Crippen molar-refractivity contribution < 1.29 is 0 Å². The van der Waals surface area contributed by atoms with Gasteiger partial charge in [0.1, 0.15) is 0 Å². The quantitative estimate of drug-likeness (QED) is 0.666. The highest BCUT2D eigenvalue weighted by atomic mass is 79.9. The van der Waals surface area contributed by atoms with Crippen molar-refractivity contribution in [1.29, 1.82) is 0 Å². The molecule has 0 bridgehead atoms. The van der Waals surface area contributed by atoms with E-state index in [0.717, 1.165) is 12.0 Å². The lowest BCUT2D eigenvalue weighted by molar-refractivity contribution is 0.706. The van der Waals surface area contributed by atoms with Crippen LogP contribution in [0, 0.1) is 0 Å². The summed E-state index contributed by atoms with van der Waals surface area (Å²) in [6, 6.07) is 4.57. The van der Waals surface area contributed by atoms with Crippen molar-refractivity contribution >= 4 is 70.5 Å². The first-order chi connectivity index (χ1) is 7.61. The molecule has 86 valence electrons. The van der Waals surface area contributed by atoms with Crippen LogP contribution in [0.4, 0.5) is 0 Å². The third-order valence-electron chi connectivity index (χ3n) is 2.16. The summed E-state index contributed by atoms with van der Waals surface area (Å²) in [4.78, 5) is 1.30. The van der Waals surface area contributed by atoms with Crippen LogP contribution in [-0.4, -0.2) is 7.05 Å². The zero-order valence-corrected chi connectivity index (χ0v) is 14.7. The Morgan fingerprint density at radius 3 is 2.44 bits per heavy atom. The van der Waals surface area contributed by atoms with E-state index >= 15 is 0 Å². The lowest BCUT2D eigenvalue weighted by atomic mass is 10.1. The molecule has 16 heavy (non-hydrogen) atoms. The highest BCUT2D eigenvalue weighted by Crippen LogP contribution is 2.38. The zero-order valence-electron chi connectivity index (χ0n) is 8.26. The summed E-state index contributed by atoms with van der Waals surface area (Å²) >= 11 is 14.0. The van der Waals surface area contributed by atoms with Crippen LogP contribution in [0.1, 0.15) is 16.5 Å². The van der Waals surface area contributed by atoms with E-state index in [1.54, 1.807) is 22.7 Å². The van der Waals surface area contributed by atoms with E-state index < -0.39 is 0 Å². The maximum absolute atomic E-state index is 3.53. The molecule has 0 spiro atoms. The topological polar surface area (TPSA) is 12.0 Å². The van der Waals surface area contributed by atoms with Gasteiger partial charge in [-0.05, 0) is 77.9 Å². The van der Waals surface area contributed by atoms with Crippen LogP contribution >= 0.6 is 70.5 Å². The summed E-state index contributed by atoms with van der Waals surface area (Å²) in [6.07, 6.45) is 0. The van der Waals surface area contributed by atoms with Gasteiger partial charge in [0.05, 0.1) is 13.6 Å². The molecule has 0 saturated heterocycles. The smallest absolute Gasteiger partial charge is 0.0843 e. The standard InChI is InChI=1S/C10H8Br3NS2/c1-14-9(5-2-8(12)15-4-5)7-3-6(11)10(13)16-7/h2-4,9,14H,1H3. The van der Waals surface area contributed by atoms with E-state index in [1.165, 1.54) is 10.4 Å². The Kier molecular flexibility index (Phi) is 4.66. The molecule has 0 radical (unpaired) electrons. The Balaban J connectivity index is 2.36. The van der Waals surface area contributed by atoms with Gasteiger partial charge < -0.3 is 5.32 Å². The second kappa shape index (κ2) is 5.63. The van der Waals surface area contributed by atoms with Gasteiger partial charge in [-0.3, -0.25) is 0 Å². The first-order valence-corrected chi connectivity index (χ1v) is 8.55. The SMILES string of the molecule is CNC(c1csc(Br)c1)c1cc(Br)c(Br)s1. The first kappa shape index (κ1) is 13.2. The molecule has 0 saturated carbocycles. The van der Waals surface area contributed by atoms with Crippen molar-refractivity contribution in [2.75, 3.05) is 7.05 Å². The zero-order chi connectivity index (χ0) is 11.7. The van der Waals surface area contributed by atoms with Gasteiger partial charge in [-0.25, -0.2) is 0 Å². The van der Waals surface area contributed by atoms with Crippen LogP contribution in [0.5, 0.6) is 0 Å². The van der Waals surface area contributed by atoms with Gasteiger partial charge in [0.2, 0.25) is 0 Å². The summed E-state index contributed by atoms with van der Waals surface area (Å²) in [5, 5.41) is 5.52. The molecule has 2 aromatic heterocycles. The molecule has 0 amide bonds. The molecule has 1 atom stereocenters. The number of halogens is 3. The Morgan fingerprint density at radius 2 is 2.00 bits per heavy atom. The van der Waals surface area contributed by atoms with Gasteiger partial charge >= 0.3 is 0 Å². The van der Waals surface area contributed by atoms with E-state index in [2.05, 4.69) is 70.6 Å². The predicted molar refractivity (Wildman–Crippen MR) is 82.6 cm³/mol. The van der Waals surface area contributed by atoms with E-state index in [1.807, 2.05) is 7.05 Å². The van der Waals surface area contributed by atoms with Gasteiger partial charge in [-0.15, -0.1) is 22.7 Å². The highest BCUT2D eigenvalue weighted by Gasteiger charge is 2.17. The lowest BCUT2D eigenvalue weighted by Gasteiger charge is -2.12. The van der Waals surface area contributed by atoms with Gasteiger partial charge in [0.25, 0.3) is 0 Å². The third-order valence-corrected chi connectivity index (χ3v) is 7.00. The molecule has 2 rings (SSSR count). The number of nitrogens with one attached hydrogen (secondary N) is 1. The fourth-order valence-electron chi connectivity index (χ4n) is 1.45. The summed E-state index contributed by atoms with van der Waals surface area (Å²) in [5.74, 6) is 0. The van der Waals surface area contributed by atoms with Crippen LogP contribution in [0.2, 0.25) is 0 Å². The van der Waals surface area contributed by atoms with Crippen molar-refractivity contribution in [3.8, 4) is 0 Å². The molecule has 1 nitrogen and oxygen atoms in total. The van der Waals surface area contributed by atoms with Crippen LogP contribution < -0.4 is 5.32 Å². The fourth-order valence-corrected chi connectivity index (χ4v) is 4.88. The second-order valence-electron chi connectivity index (χ2n) is 3.18. The molecule has 6 heteroatoms. The number of rotatable bonds is 3.